The van der Waals surface area contributed by atoms with E-state index in [1.165, 1.54) is 21.0 Å². The number of allylic oxidation sites excluding steroid dienone is 2. The van der Waals surface area contributed by atoms with Crippen molar-refractivity contribution in [2.45, 2.75) is 74.3 Å². The summed E-state index contributed by atoms with van der Waals surface area (Å²) >= 11 is 3.25. The van der Waals surface area contributed by atoms with E-state index in [0.717, 1.165) is 17.7 Å². The number of hydrogen-bond acceptors (Lipinski definition) is 11. The van der Waals surface area contributed by atoms with Crippen LogP contribution in [0.1, 0.15) is 93.6 Å². The SMILES string of the molecule is COC1=CC(=O)C=C(C)[C@]1(O)C(=O)Oc1c(C)c(C)c(C(=O)Oc2cc(C)c(C(=O)Oc3c(C)c(C)c(C(=O)O)c(C)c3C)c(C)c2Cc2ccccc2)c(O)c1Br. The Labute approximate surface area is 343 Å². The van der Waals surface area contributed by atoms with Gasteiger partial charge in [0.2, 0.25) is 5.60 Å². The molecule has 302 valence electrons. The number of aromatic hydroxyl groups is 1. The van der Waals surface area contributed by atoms with E-state index in [4.69, 9.17) is 18.9 Å². The first kappa shape index (κ1) is 43.1. The maximum atomic E-state index is 14.1. The molecule has 0 aliphatic heterocycles. The molecule has 0 aromatic heterocycles. The molecule has 0 heterocycles. The predicted octanol–water partition coefficient (Wildman–Crippen LogP) is 8.05. The minimum absolute atomic E-state index is 0.0437. The van der Waals surface area contributed by atoms with Crippen molar-refractivity contribution in [2.75, 3.05) is 7.11 Å². The largest absolute Gasteiger partial charge is 0.506 e. The lowest BCUT2D eigenvalue weighted by molar-refractivity contribution is -0.151. The summed E-state index contributed by atoms with van der Waals surface area (Å²) in [6, 6.07) is 10.9. The Kier molecular flexibility index (Phi) is 12.2. The zero-order valence-corrected chi connectivity index (χ0v) is 35.3. The third kappa shape index (κ3) is 7.54. The highest BCUT2D eigenvalue weighted by Crippen LogP contribution is 2.44. The van der Waals surface area contributed by atoms with Gasteiger partial charge < -0.3 is 34.3 Å². The average Bonchev–Trinajstić information content (AvgIpc) is 3.16. The summed E-state index contributed by atoms with van der Waals surface area (Å²) in [5.41, 5.74) is 2.30. The summed E-state index contributed by atoms with van der Waals surface area (Å²) in [5.74, 6) is -5.21. The highest BCUT2D eigenvalue weighted by Gasteiger charge is 2.48. The summed E-state index contributed by atoms with van der Waals surface area (Å²) in [7, 11) is 1.19. The first-order valence-corrected chi connectivity index (χ1v) is 18.9. The number of esters is 3. The quantitative estimate of drug-likeness (QED) is 0.103. The Balaban J connectivity index is 1.55. The molecule has 4 aromatic rings. The minimum Gasteiger partial charge on any atom is -0.506 e. The molecule has 0 bridgehead atoms. The molecule has 0 spiro atoms. The molecule has 0 saturated heterocycles. The zero-order valence-electron chi connectivity index (χ0n) is 33.7. The first-order chi connectivity index (χ1) is 27.2. The van der Waals surface area contributed by atoms with E-state index in [1.54, 1.807) is 54.5 Å². The Morgan fingerprint density at radius 3 is 1.83 bits per heavy atom. The van der Waals surface area contributed by atoms with Gasteiger partial charge in [-0.25, -0.2) is 19.2 Å². The summed E-state index contributed by atoms with van der Waals surface area (Å²) in [6.07, 6.45) is 2.28. The molecular weight excluding hydrogens is 812 g/mol. The monoisotopic (exact) mass is 854 g/mol. The first-order valence-electron chi connectivity index (χ1n) is 18.1. The number of carboxylic acid groups (broad SMARTS) is 1. The van der Waals surface area contributed by atoms with Crippen molar-refractivity contribution in [3.05, 3.63) is 137 Å². The average molecular weight is 856 g/mol. The van der Waals surface area contributed by atoms with E-state index >= 15 is 0 Å². The number of phenolic OH excluding ortho intramolecular Hbond substituents is 1. The van der Waals surface area contributed by atoms with Gasteiger partial charge in [-0.05, 0) is 146 Å². The van der Waals surface area contributed by atoms with Crippen molar-refractivity contribution in [1.82, 2.24) is 0 Å². The molecule has 12 nitrogen and oxygen atoms in total. The van der Waals surface area contributed by atoms with Gasteiger partial charge in [-0.3, -0.25) is 4.79 Å². The van der Waals surface area contributed by atoms with Crippen molar-refractivity contribution in [1.29, 1.82) is 0 Å². The Hall–Kier alpha value is -6.05. The number of ether oxygens (including phenoxy) is 4. The maximum absolute atomic E-state index is 14.1. The van der Waals surface area contributed by atoms with Crippen molar-refractivity contribution in [2.24, 2.45) is 0 Å². The number of phenols is 1. The maximum Gasteiger partial charge on any atom is 0.356 e. The van der Waals surface area contributed by atoms with Crippen LogP contribution >= 0.6 is 15.9 Å². The molecule has 1 aliphatic rings. The number of ketones is 1. The molecule has 0 saturated carbocycles. The van der Waals surface area contributed by atoms with Crippen LogP contribution in [0.25, 0.3) is 0 Å². The van der Waals surface area contributed by atoms with E-state index in [1.807, 2.05) is 30.3 Å². The van der Waals surface area contributed by atoms with Crippen LogP contribution in [0.3, 0.4) is 0 Å². The summed E-state index contributed by atoms with van der Waals surface area (Å²) < 4.78 is 22.6. The number of carbonyl (C=O) groups excluding carboxylic acids is 4. The van der Waals surface area contributed by atoms with Crippen molar-refractivity contribution < 1.29 is 58.2 Å². The molecule has 13 heteroatoms. The highest BCUT2D eigenvalue weighted by atomic mass is 79.9. The number of benzene rings is 4. The van der Waals surface area contributed by atoms with Crippen LogP contribution in [0.15, 0.2) is 64.4 Å². The molecule has 5 rings (SSSR count). The van der Waals surface area contributed by atoms with Crippen LogP contribution in [-0.2, 0) is 20.7 Å². The van der Waals surface area contributed by atoms with E-state index in [2.05, 4.69) is 15.9 Å². The summed E-state index contributed by atoms with van der Waals surface area (Å²) in [4.78, 5) is 65.7. The van der Waals surface area contributed by atoms with Gasteiger partial charge >= 0.3 is 23.9 Å². The molecule has 58 heavy (non-hydrogen) atoms. The van der Waals surface area contributed by atoms with Gasteiger partial charge in [-0.2, -0.15) is 0 Å². The fraction of sp³-hybridized carbons (Fsp3) is 0.267. The van der Waals surface area contributed by atoms with Gasteiger partial charge in [0.1, 0.15) is 33.0 Å². The molecule has 0 unspecified atom stereocenters. The number of methoxy groups -OCH3 is 1. The number of hydrogen-bond donors (Lipinski definition) is 3. The van der Waals surface area contributed by atoms with Gasteiger partial charge in [0.25, 0.3) is 0 Å². The third-order valence-corrected chi connectivity index (χ3v) is 11.6. The molecule has 1 atom stereocenters. The van der Waals surface area contributed by atoms with Crippen LogP contribution in [0.5, 0.6) is 23.0 Å². The second kappa shape index (κ2) is 16.4. The normalized spacial score (nSPS) is 15.0. The van der Waals surface area contributed by atoms with Crippen molar-refractivity contribution in [3.63, 3.8) is 0 Å². The topological polar surface area (TPSA) is 183 Å². The smallest absolute Gasteiger partial charge is 0.356 e. The molecule has 4 aromatic carbocycles. The van der Waals surface area contributed by atoms with Gasteiger partial charge in [0.05, 0.1) is 18.2 Å². The van der Waals surface area contributed by atoms with Gasteiger partial charge in [0, 0.05) is 18.1 Å². The highest BCUT2D eigenvalue weighted by molar-refractivity contribution is 9.10. The second-order valence-electron chi connectivity index (χ2n) is 14.3. The third-order valence-electron chi connectivity index (χ3n) is 10.9. The molecular formula is C45H43BrO12. The summed E-state index contributed by atoms with van der Waals surface area (Å²) in [5, 5.41) is 32.6. The lowest BCUT2D eigenvalue weighted by Crippen LogP contribution is -2.47. The molecule has 0 radical (unpaired) electrons. The Bertz CT molecular complexity index is 2450. The Morgan fingerprint density at radius 2 is 1.26 bits per heavy atom. The fourth-order valence-electron chi connectivity index (χ4n) is 7.17. The zero-order chi connectivity index (χ0) is 43.1. The lowest BCUT2D eigenvalue weighted by atomic mass is 9.87. The molecule has 0 amide bonds. The van der Waals surface area contributed by atoms with Gasteiger partial charge in [-0.15, -0.1) is 0 Å². The van der Waals surface area contributed by atoms with Crippen LogP contribution in [0, 0.1) is 55.4 Å². The number of rotatable bonds is 10. The Morgan fingerprint density at radius 1 is 0.707 bits per heavy atom. The van der Waals surface area contributed by atoms with E-state index in [0.29, 0.717) is 38.9 Å². The van der Waals surface area contributed by atoms with Gasteiger partial charge in [-0.1, -0.05) is 30.3 Å². The molecule has 1 aliphatic carbocycles. The number of aromatic carboxylic acids is 1. The number of carboxylic acids is 1. The number of aryl methyl sites for hydroxylation is 1. The lowest BCUT2D eigenvalue weighted by Gasteiger charge is -2.30. The minimum atomic E-state index is -2.44. The van der Waals surface area contributed by atoms with E-state index < -0.39 is 41.0 Å². The van der Waals surface area contributed by atoms with Crippen molar-refractivity contribution in [3.8, 4) is 23.0 Å². The van der Waals surface area contributed by atoms with Gasteiger partial charge in [0.15, 0.2) is 11.5 Å². The van der Waals surface area contributed by atoms with Crippen LogP contribution in [0.2, 0.25) is 0 Å². The molecule has 3 N–H and O–H groups in total. The molecule has 0 fully saturated rings. The van der Waals surface area contributed by atoms with Crippen LogP contribution < -0.4 is 14.2 Å². The standard InChI is InChI=1S/C45H43BrO12/c1-20-16-32(56-43(52)36-24(5)27(8)40(37(46)38(36)48)58-44(53)45(54)21(2)17-30(47)19-33(45)55-10)31(18-29-14-12-11-13-15-29)28(9)34(20)42(51)57-39-25(6)22(3)35(41(49)50)23(4)26(39)7/h11-17,19,48,54H,18H2,1-10H3,(H,49,50)/t45-/m1/s1. The van der Waals surface area contributed by atoms with E-state index in [9.17, 15) is 39.3 Å². The second-order valence-corrected chi connectivity index (χ2v) is 15.1. The van der Waals surface area contributed by atoms with Crippen LogP contribution in [0.4, 0.5) is 0 Å². The van der Waals surface area contributed by atoms with Crippen molar-refractivity contribution >= 4 is 45.6 Å². The number of carbonyl (C=O) groups is 5. The predicted molar refractivity (Wildman–Crippen MR) is 217 cm³/mol. The number of halogens is 1. The summed E-state index contributed by atoms with van der Waals surface area (Å²) in [6.45, 7) is 14.5. The van der Waals surface area contributed by atoms with Crippen LogP contribution in [-0.4, -0.2) is 57.7 Å². The van der Waals surface area contributed by atoms with E-state index in [-0.39, 0.29) is 67.3 Å². The number of aliphatic hydroxyl groups is 1. The fourth-order valence-corrected chi connectivity index (χ4v) is 7.75.